The number of hydrogen-bond acceptors (Lipinski definition) is 28. The number of phenols is 2. The van der Waals surface area contributed by atoms with E-state index in [9.17, 15) is 59.4 Å². The first-order chi connectivity index (χ1) is 59.1. The number of anilines is 2. The third-order valence-electron chi connectivity index (χ3n) is 28.1. The molecule has 11 aliphatic rings. The number of aromatic amines is 1. The van der Waals surface area contributed by atoms with Crippen LogP contribution in [0.2, 0.25) is 0 Å². The molecule has 0 unspecified atom stereocenters. The summed E-state index contributed by atoms with van der Waals surface area (Å²) in [6, 6.07) is 21.2. The maximum absolute atomic E-state index is 15.2. The first kappa shape index (κ1) is 86.1. The standard InChI is InChI=1S/C45H54N4O8.C27H29NO11.C20H27N5O2/c1-8-27-19-28-22-44(40(51)55-6,36-30(25-48(23-27)24-28)29-13-10-11-14-33(29)46-36)32-20-31-34(21-35(32)54-5)47(4)38-43(31)16-18-49-17-12-15-42(9-2,37(43)49)39(57-26(3)50)45(38,53)41(52)56-7;1-10-22(31)13(28)6-17(38-10)39-15-8-27(36,16(30)9-29)7-12-19(15)26(35)21-20(24(12)33)23(32)11-4-3-5-14(37-2)18(11)25(21)34;26-20-12-9-15-14-17(10-11-18(15)21-20)27-13-5-4-8-19-22-23-24-25(19)16-6-2-1-3-7-16/h10-15,19-21,28,37-39,46,53H,8-9,16-18,22-25H2,1-7H3;3-5,10,13,15,17,22,29,31,33,35-36H,6-9,28H2,1-2H3;10-11,14,16H,1-9,12-13H2,(H,21,26)/t28-,37-,38+,39+,42+,43+,44-,45-;10-,13-,15-,17-,22-,27-;/m00./s1. The van der Waals surface area contributed by atoms with Gasteiger partial charge in [-0.15, -0.1) is 5.10 Å². The van der Waals surface area contributed by atoms with Crippen molar-refractivity contribution in [2.75, 3.05) is 85.1 Å². The summed E-state index contributed by atoms with van der Waals surface area (Å²) in [4.78, 5) is 104. The van der Waals surface area contributed by atoms with E-state index in [1.807, 2.05) is 55.3 Å². The summed E-state index contributed by atoms with van der Waals surface area (Å²) in [5.74, 6) is -3.12. The van der Waals surface area contributed by atoms with Crippen molar-refractivity contribution in [3.8, 4) is 28.7 Å². The minimum Gasteiger partial charge on any atom is -0.507 e. The fourth-order valence-electron chi connectivity index (χ4n) is 22.6. The number of tetrazole rings is 1. The first-order valence-electron chi connectivity index (χ1n) is 42.9. The number of nitrogens with one attached hydrogen (secondary N) is 2. The third kappa shape index (κ3) is 14.3. The molecule has 10 N–H and O–H groups in total. The molecule has 4 fully saturated rings. The normalized spacial score (nSPS) is 29.5. The van der Waals surface area contributed by atoms with Crippen LogP contribution in [0.5, 0.6) is 28.7 Å². The summed E-state index contributed by atoms with van der Waals surface area (Å²) < 4.78 is 48.8. The zero-order valence-corrected chi connectivity index (χ0v) is 70.9. The van der Waals surface area contributed by atoms with E-state index >= 15 is 4.79 Å². The van der Waals surface area contributed by atoms with Gasteiger partial charge in [-0.1, -0.05) is 87.2 Å². The second-order valence-corrected chi connectivity index (χ2v) is 34.8. The van der Waals surface area contributed by atoms with Gasteiger partial charge in [0.2, 0.25) is 17.3 Å². The number of rotatable bonds is 19. The Morgan fingerprint density at radius 1 is 0.821 bits per heavy atom. The number of nitrogens with two attached hydrogens (primary N) is 1. The lowest BCUT2D eigenvalue weighted by molar-refractivity contribution is -0.247. The fourth-order valence-corrected chi connectivity index (χ4v) is 22.6. The summed E-state index contributed by atoms with van der Waals surface area (Å²) in [7, 11) is 7.55. The molecule has 15 atom stereocenters. The van der Waals surface area contributed by atoms with Crippen LogP contribution in [-0.4, -0.2) is 236 Å². The number of methoxy groups -OCH3 is 4. The Hall–Kier alpha value is -10.5. The van der Waals surface area contributed by atoms with Crippen LogP contribution >= 0.6 is 0 Å². The zero-order chi connectivity index (χ0) is 87.1. The Bertz CT molecular complexity index is 5390. The minimum atomic E-state index is -2.27. The Labute approximate surface area is 712 Å². The number of amides is 1. The molecule has 2 saturated carbocycles. The quantitative estimate of drug-likeness (QED) is 0.0121. The molecular weight excluding hydrogens is 1580 g/mol. The number of nitrogens with zero attached hydrogens (tertiary/aromatic N) is 7. The summed E-state index contributed by atoms with van der Waals surface area (Å²) in [5.41, 5.74) is 5.48. The number of aliphatic hydroxyl groups is 4. The molecule has 7 aromatic rings. The van der Waals surface area contributed by atoms with Crippen LogP contribution in [0.25, 0.3) is 10.9 Å². The number of carbonyl (C=O) groups is 7. The van der Waals surface area contributed by atoms with Crippen LogP contribution in [0.15, 0.2) is 96.6 Å². The largest absolute Gasteiger partial charge is 0.507 e. The molecule has 2 saturated heterocycles. The number of H-pyrrole nitrogens is 1. The molecule has 654 valence electrons. The van der Waals surface area contributed by atoms with Gasteiger partial charge >= 0.3 is 17.9 Å². The van der Waals surface area contributed by atoms with Crippen LogP contribution in [0.4, 0.5) is 11.4 Å². The van der Waals surface area contributed by atoms with E-state index in [-0.39, 0.29) is 58.3 Å². The number of ketones is 3. The van der Waals surface area contributed by atoms with Gasteiger partial charge in [-0.3, -0.25) is 38.6 Å². The lowest BCUT2D eigenvalue weighted by atomic mass is 9.47. The second-order valence-electron chi connectivity index (χ2n) is 34.8. The summed E-state index contributed by atoms with van der Waals surface area (Å²) in [6.45, 7) is 10.4. The molecule has 2 aromatic heterocycles. The highest BCUT2D eigenvalue weighted by Gasteiger charge is 2.80. The molecule has 7 aliphatic heterocycles. The fraction of sp³-hybridized carbons (Fsp3) is 0.522. The van der Waals surface area contributed by atoms with E-state index in [1.165, 1.54) is 84.1 Å². The van der Waals surface area contributed by atoms with Crippen molar-refractivity contribution in [3.63, 3.8) is 0 Å². The van der Waals surface area contributed by atoms with Crippen molar-refractivity contribution < 1.29 is 102 Å². The van der Waals surface area contributed by atoms with Crippen LogP contribution in [0.3, 0.4) is 0 Å². The van der Waals surface area contributed by atoms with Gasteiger partial charge < -0.3 is 89.5 Å². The van der Waals surface area contributed by atoms with Crippen molar-refractivity contribution in [2.45, 2.75) is 220 Å². The number of aryl methyl sites for hydroxylation is 2. The molecule has 31 heteroatoms. The van der Waals surface area contributed by atoms with E-state index in [0.29, 0.717) is 69.3 Å². The number of hydrogen-bond donors (Lipinski definition) is 9. The Kier molecular flexibility index (Phi) is 23.7. The average molecular weight is 1690 g/mol. The second kappa shape index (κ2) is 33.9. The molecule has 1 amide bonds. The van der Waals surface area contributed by atoms with E-state index in [1.54, 1.807) is 14.0 Å². The molecule has 1 spiro atoms. The first-order valence-corrected chi connectivity index (χ1v) is 42.9. The van der Waals surface area contributed by atoms with Gasteiger partial charge in [-0.2, -0.15) is 0 Å². The number of ether oxygens (including phenoxy) is 8. The molecule has 2 bridgehead atoms. The van der Waals surface area contributed by atoms with Crippen LogP contribution in [0.1, 0.15) is 206 Å². The molecule has 4 aliphatic carbocycles. The predicted octanol–water partition coefficient (Wildman–Crippen LogP) is 8.22. The highest BCUT2D eigenvalue weighted by atomic mass is 16.7. The van der Waals surface area contributed by atoms with Gasteiger partial charge in [-0.25, -0.2) is 9.48 Å². The van der Waals surface area contributed by atoms with Crippen molar-refractivity contribution >= 4 is 63.4 Å². The van der Waals surface area contributed by atoms with Crippen LogP contribution < -0.4 is 30.2 Å². The van der Waals surface area contributed by atoms with E-state index < -0.39 is 142 Å². The van der Waals surface area contributed by atoms with Gasteiger partial charge in [0.1, 0.15) is 46.4 Å². The highest BCUT2D eigenvalue weighted by molar-refractivity contribution is 6.31. The van der Waals surface area contributed by atoms with E-state index in [2.05, 4.69) is 83.7 Å². The number of aromatic nitrogens is 5. The minimum absolute atomic E-state index is 0.0173. The summed E-state index contributed by atoms with van der Waals surface area (Å²) in [6.07, 6.45) is 13.0. The van der Waals surface area contributed by atoms with Crippen molar-refractivity contribution in [3.05, 3.63) is 164 Å². The topological polar surface area (TPSA) is 422 Å². The molecule has 31 nitrogen and oxygen atoms in total. The van der Waals surface area contributed by atoms with Crippen LogP contribution in [-0.2, 0) is 84.3 Å². The number of Topliss-reactive ketones (excluding diaryl/α,β-unsaturated/α-hetero) is 1. The van der Waals surface area contributed by atoms with Gasteiger partial charge in [0, 0.05) is 151 Å². The monoisotopic (exact) mass is 1690 g/mol. The number of likely N-dealkylation sites (N-methyl/N-ethyl adjacent to an activating group) is 1. The SMILES string of the molecule is CCC1=C[C@@H]2C[N@](C1)Cc1c([nH]c3ccccc13)[C@@](C(=O)OC)(c1cc3c(cc1OC)N(C)[C@H]1[C@@](O)(C(=O)OC)[C@H](OC(C)=O)[C@]4(CC)C=CCN5CC[C@]31[C@@H]54)C2.COc1cccc2c1C(=O)c1c(O)c3c(c(O)c1C2=O)C[C@@](O)(C(=O)CO)C[C@@H]3O[C@H]1C[C@H](N)[C@@H](O)[C@H](C)O1.O=C1CCc2cc(OCCCCc3nnnn3C3CCCCC3)ccc2N1. The Morgan fingerprint density at radius 3 is 2.31 bits per heavy atom. The van der Waals surface area contributed by atoms with Crippen molar-refractivity contribution in [1.29, 1.82) is 0 Å². The number of aliphatic hydroxyl groups excluding tert-OH is 2. The number of aromatic hydroxyl groups is 2. The van der Waals surface area contributed by atoms with Crippen LogP contribution in [0, 0.1) is 11.3 Å². The van der Waals surface area contributed by atoms with E-state index in [0.717, 1.165) is 101 Å². The maximum atomic E-state index is 15.2. The molecule has 5 aromatic carbocycles. The third-order valence-corrected chi connectivity index (χ3v) is 28.1. The van der Waals surface area contributed by atoms with Gasteiger partial charge in [-0.05, 0) is 141 Å². The zero-order valence-electron chi connectivity index (χ0n) is 70.9. The number of unbranched alkanes of at least 4 members (excludes halogenated alkanes) is 1. The van der Waals surface area contributed by atoms with Crippen molar-refractivity contribution in [2.24, 2.45) is 17.1 Å². The van der Waals surface area contributed by atoms with E-state index in [4.69, 9.17) is 43.6 Å². The molecule has 0 radical (unpaired) electrons. The number of benzene rings is 5. The van der Waals surface area contributed by atoms with Gasteiger partial charge in [0.05, 0.1) is 82.1 Å². The average Bonchev–Trinajstić information content (AvgIpc) is 1.48. The Morgan fingerprint density at radius 2 is 1.59 bits per heavy atom. The van der Waals surface area contributed by atoms with Gasteiger partial charge in [0.15, 0.2) is 29.8 Å². The lowest BCUT2D eigenvalue weighted by Crippen LogP contribution is -2.81. The predicted molar refractivity (Wildman–Crippen MR) is 448 cm³/mol. The van der Waals surface area contributed by atoms with Crippen molar-refractivity contribution in [1.82, 2.24) is 35.0 Å². The lowest BCUT2D eigenvalue weighted by Gasteiger charge is -2.63. The molecular formula is C92H110N10O21. The number of para-hydroxylation sites is 1. The molecule has 123 heavy (non-hydrogen) atoms. The molecule has 18 rings (SSSR count). The summed E-state index contributed by atoms with van der Waals surface area (Å²) in [5, 5.41) is 83.3. The summed E-state index contributed by atoms with van der Waals surface area (Å²) >= 11 is 0. The highest BCUT2D eigenvalue weighted by Crippen LogP contribution is 2.69. The molecule has 9 heterocycles. The number of fused-ring (bicyclic) bond motifs is 10. The number of carbonyl (C=O) groups excluding carboxylic acids is 7. The number of phenolic OH excluding ortho intramolecular Hbond substituents is 2. The maximum Gasteiger partial charge on any atom is 0.344 e. The smallest absolute Gasteiger partial charge is 0.344 e. The van der Waals surface area contributed by atoms with Gasteiger partial charge in [0.25, 0.3) is 0 Å². The Balaban J connectivity index is 0.000000147. The number of esters is 3.